The Bertz CT molecular complexity index is 1260. The molecule has 3 aromatic rings. The Labute approximate surface area is 218 Å². The SMILES string of the molecule is CCN1CCc2c(sc3nc(CC(C)C)nc(N4CCN(C(=O)Nc5ccc(C)c(C)c5)CC4)c23)C1. The molecule has 1 saturated heterocycles. The molecule has 8 heteroatoms. The third kappa shape index (κ3) is 5.06. The lowest BCUT2D eigenvalue weighted by Crippen LogP contribution is -2.50. The zero-order valence-corrected chi connectivity index (χ0v) is 23.0. The lowest BCUT2D eigenvalue weighted by atomic mass is 10.0. The zero-order valence-electron chi connectivity index (χ0n) is 22.2. The van der Waals surface area contributed by atoms with E-state index >= 15 is 0 Å². The molecule has 0 atom stereocenters. The molecule has 0 saturated carbocycles. The number of hydrogen-bond acceptors (Lipinski definition) is 6. The van der Waals surface area contributed by atoms with Crippen LogP contribution in [0.15, 0.2) is 18.2 Å². The van der Waals surface area contributed by atoms with Gasteiger partial charge in [-0.15, -0.1) is 11.3 Å². The average molecular weight is 507 g/mol. The van der Waals surface area contributed by atoms with Crippen LogP contribution < -0.4 is 10.2 Å². The first-order valence-corrected chi connectivity index (χ1v) is 14.1. The summed E-state index contributed by atoms with van der Waals surface area (Å²) in [6.07, 6.45) is 1.94. The molecule has 1 fully saturated rings. The van der Waals surface area contributed by atoms with E-state index in [1.165, 1.54) is 27.0 Å². The topological polar surface area (TPSA) is 64.6 Å². The van der Waals surface area contributed by atoms with Crippen molar-refractivity contribution in [1.29, 1.82) is 0 Å². The highest BCUT2D eigenvalue weighted by atomic mass is 32.1. The molecule has 0 spiro atoms. The lowest BCUT2D eigenvalue weighted by Gasteiger charge is -2.36. The normalized spacial score (nSPS) is 16.6. The first kappa shape index (κ1) is 25.0. The number of nitrogens with one attached hydrogen (secondary N) is 1. The van der Waals surface area contributed by atoms with E-state index < -0.39 is 0 Å². The van der Waals surface area contributed by atoms with E-state index in [0.717, 1.165) is 67.7 Å². The van der Waals surface area contributed by atoms with Crippen LogP contribution in [-0.4, -0.2) is 65.1 Å². The van der Waals surface area contributed by atoms with Crippen molar-refractivity contribution in [2.45, 2.75) is 54.0 Å². The molecule has 7 nitrogen and oxygen atoms in total. The Morgan fingerprint density at radius 3 is 2.56 bits per heavy atom. The monoisotopic (exact) mass is 506 g/mol. The Morgan fingerprint density at radius 2 is 1.86 bits per heavy atom. The van der Waals surface area contributed by atoms with E-state index in [9.17, 15) is 4.79 Å². The molecular weight excluding hydrogens is 468 g/mol. The molecule has 192 valence electrons. The number of anilines is 2. The number of likely N-dealkylation sites (N-methyl/N-ethyl adjacent to an activating group) is 1. The molecule has 2 amide bonds. The highest BCUT2D eigenvalue weighted by Gasteiger charge is 2.28. The molecule has 0 radical (unpaired) electrons. The van der Waals surface area contributed by atoms with E-state index in [0.29, 0.717) is 19.0 Å². The van der Waals surface area contributed by atoms with E-state index in [1.807, 2.05) is 28.4 Å². The highest BCUT2D eigenvalue weighted by molar-refractivity contribution is 7.19. The number of thiophene rings is 1. The van der Waals surface area contributed by atoms with Crippen molar-refractivity contribution in [1.82, 2.24) is 19.8 Å². The van der Waals surface area contributed by atoms with Crippen molar-refractivity contribution in [3.8, 4) is 0 Å². The number of rotatable bonds is 5. The van der Waals surface area contributed by atoms with Crippen LogP contribution in [0.3, 0.4) is 0 Å². The second-order valence-corrected chi connectivity index (χ2v) is 11.7. The van der Waals surface area contributed by atoms with Crippen molar-refractivity contribution in [2.24, 2.45) is 5.92 Å². The zero-order chi connectivity index (χ0) is 25.4. The summed E-state index contributed by atoms with van der Waals surface area (Å²) in [5.41, 5.74) is 4.71. The van der Waals surface area contributed by atoms with Crippen molar-refractivity contribution in [2.75, 3.05) is 49.5 Å². The average Bonchev–Trinajstić information content (AvgIpc) is 3.23. The summed E-state index contributed by atoms with van der Waals surface area (Å²) in [4.78, 5) is 32.5. The number of benzene rings is 1. The van der Waals surface area contributed by atoms with Gasteiger partial charge in [-0.25, -0.2) is 14.8 Å². The van der Waals surface area contributed by atoms with Gasteiger partial charge in [-0.05, 0) is 61.6 Å². The second kappa shape index (κ2) is 10.3. The number of aryl methyl sites for hydroxylation is 2. The van der Waals surface area contributed by atoms with Crippen molar-refractivity contribution < 1.29 is 4.79 Å². The Kier molecular flexibility index (Phi) is 7.17. The fourth-order valence-electron chi connectivity index (χ4n) is 5.17. The summed E-state index contributed by atoms with van der Waals surface area (Å²) in [5.74, 6) is 2.52. The van der Waals surface area contributed by atoms with Crippen LogP contribution in [0.4, 0.5) is 16.3 Å². The summed E-state index contributed by atoms with van der Waals surface area (Å²) < 4.78 is 0. The first-order valence-electron chi connectivity index (χ1n) is 13.2. The fourth-order valence-corrected chi connectivity index (χ4v) is 6.45. The largest absolute Gasteiger partial charge is 0.352 e. The number of amides is 2. The molecule has 0 unspecified atom stereocenters. The van der Waals surface area contributed by atoms with Crippen LogP contribution in [0.5, 0.6) is 0 Å². The molecular formula is C28H38N6OS. The van der Waals surface area contributed by atoms with Crippen LogP contribution in [0.2, 0.25) is 0 Å². The molecule has 2 aromatic heterocycles. The molecule has 1 N–H and O–H groups in total. The van der Waals surface area contributed by atoms with E-state index in [-0.39, 0.29) is 6.03 Å². The van der Waals surface area contributed by atoms with Gasteiger partial charge in [0.1, 0.15) is 16.5 Å². The van der Waals surface area contributed by atoms with E-state index in [4.69, 9.17) is 9.97 Å². The number of aromatic nitrogens is 2. The maximum atomic E-state index is 13.0. The molecule has 2 aliphatic heterocycles. The smallest absolute Gasteiger partial charge is 0.321 e. The number of piperazine rings is 1. The highest BCUT2D eigenvalue weighted by Crippen LogP contribution is 2.39. The number of urea groups is 1. The van der Waals surface area contributed by atoms with Crippen LogP contribution in [-0.2, 0) is 19.4 Å². The summed E-state index contributed by atoms with van der Waals surface area (Å²) in [6, 6.07) is 6.04. The maximum absolute atomic E-state index is 13.0. The molecule has 0 aliphatic carbocycles. The second-order valence-electron chi connectivity index (χ2n) is 10.6. The summed E-state index contributed by atoms with van der Waals surface area (Å²) in [5, 5.41) is 4.34. The number of carbonyl (C=O) groups excluding carboxylic acids is 1. The van der Waals surface area contributed by atoms with E-state index in [2.05, 4.69) is 55.8 Å². The van der Waals surface area contributed by atoms with Gasteiger partial charge in [-0.1, -0.05) is 26.8 Å². The predicted octanol–water partition coefficient (Wildman–Crippen LogP) is 5.24. The molecule has 0 bridgehead atoms. The predicted molar refractivity (Wildman–Crippen MR) is 149 cm³/mol. The van der Waals surface area contributed by atoms with Crippen LogP contribution in [0.1, 0.15) is 48.2 Å². The van der Waals surface area contributed by atoms with Gasteiger partial charge in [0, 0.05) is 56.3 Å². The van der Waals surface area contributed by atoms with Crippen molar-refractivity contribution >= 4 is 39.1 Å². The minimum Gasteiger partial charge on any atom is -0.352 e. The minimum absolute atomic E-state index is 0.0289. The van der Waals surface area contributed by atoms with Gasteiger partial charge in [-0.3, -0.25) is 4.90 Å². The lowest BCUT2D eigenvalue weighted by molar-refractivity contribution is 0.208. The van der Waals surface area contributed by atoms with Gasteiger partial charge in [0.2, 0.25) is 0 Å². The van der Waals surface area contributed by atoms with Gasteiger partial charge < -0.3 is 15.1 Å². The molecule has 2 aliphatic rings. The van der Waals surface area contributed by atoms with Crippen LogP contribution in [0.25, 0.3) is 10.2 Å². The van der Waals surface area contributed by atoms with Gasteiger partial charge in [0.25, 0.3) is 0 Å². The number of nitrogens with zero attached hydrogens (tertiary/aromatic N) is 5. The molecule has 1 aromatic carbocycles. The third-order valence-electron chi connectivity index (χ3n) is 7.47. The summed E-state index contributed by atoms with van der Waals surface area (Å²) in [7, 11) is 0. The van der Waals surface area contributed by atoms with E-state index in [1.54, 1.807) is 0 Å². The van der Waals surface area contributed by atoms with Crippen LogP contribution in [0, 0.1) is 19.8 Å². The maximum Gasteiger partial charge on any atom is 0.321 e. The fraction of sp³-hybridized carbons (Fsp3) is 0.536. The summed E-state index contributed by atoms with van der Waals surface area (Å²) in [6.45, 7) is 16.9. The third-order valence-corrected chi connectivity index (χ3v) is 8.58. The number of hydrogen-bond donors (Lipinski definition) is 1. The number of carbonyl (C=O) groups is 1. The minimum atomic E-state index is -0.0289. The van der Waals surface area contributed by atoms with Crippen molar-refractivity contribution in [3.05, 3.63) is 45.6 Å². The first-order chi connectivity index (χ1) is 17.3. The Hall–Kier alpha value is -2.71. The Morgan fingerprint density at radius 1 is 1.08 bits per heavy atom. The number of fused-ring (bicyclic) bond motifs is 3. The van der Waals surface area contributed by atoms with Gasteiger partial charge >= 0.3 is 6.03 Å². The summed E-state index contributed by atoms with van der Waals surface area (Å²) >= 11 is 1.85. The Balaban J connectivity index is 1.37. The quantitative estimate of drug-likeness (QED) is 0.513. The molecule has 4 heterocycles. The molecule has 36 heavy (non-hydrogen) atoms. The van der Waals surface area contributed by atoms with Gasteiger partial charge in [0.05, 0.1) is 5.39 Å². The molecule has 5 rings (SSSR count). The van der Waals surface area contributed by atoms with Crippen LogP contribution >= 0.6 is 11.3 Å². The van der Waals surface area contributed by atoms with Gasteiger partial charge in [0.15, 0.2) is 0 Å². The van der Waals surface area contributed by atoms with Gasteiger partial charge in [-0.2, -0.15) is 0 Å². The standard InChI is InChI=1S/C28H38N6OS/c1-6-32-10-9-22-23(17-32)36-27-25(22)26(30-24(31-27)15-18(2)3)33-11-13-34(14-12-33)28(35)29-21-8-7-19(4)20(5)16-21/h7-8,16,18H,6,9-15,17H2,1-5H3,(H,29,35). The van der Waals surface area contributed by atoms with Crippen molar-refractivity contribution in [3.63, 3.8) is 0 Å².